The number of fused-ring (bicyclic) bond motifs is 1. The number of ether oxygens (including phenoxy) is 5. The number of methoxy groups -OCH3 is 2. The van der Waals surface area contributed by atoms with Crippen LogP contribution < -0.4 is 33.8 Å². The summed E-state index contributed by atoms with van der Waals surface area (Å²) in [6, 6.07) is 8.25. The van der Waals surface area contributed by atoms with Crippen molar-refractivity contribution in [2.24, 2.45) is 4.99 Å². The van der Waals surface area contributed by atoms with E-state index in [4.69, 9.17) is 23.7 Å². The first-order valence-electron chi connectivity index (χ1n) is 12.7. The minimum atomic E-state index is -0.788. The third-order valence-electron chi connectivity index (χ3n) is 5.92. The summed E-state index contributed by atoms with van der Waals surface area (Å²) in [5.41, 5.74) is 1.22. The highest BCUT2D eigenvalue weighted by atomic mass is 79.9. The Labute approximate surface area is 244 Å². The highest BCUT2D eigenvalue weighted by molar-refractivity contribution is 9.10. The maximum absolute atomic E-state index is 14.0. The first-order chi connectivity index (χ1) is 19.2. The molecular formula is C29H31BrN2O7S. The SMILES string of the molecule is CCOc1ccc([C@H]2C(C(=O)OC)=CN=c3s/c(=C/c4cc(Br)cc(OC)c4OC(C)C)c(=O)n32)cc1OCC. The first-order valence-corrected chi connectivity index (χ1v) is 14.4. The molecule has 0 saturated carbocycles. The lowest BCUT2D eigenvalue weighted by Crippen LogP contribution is -2.39. The zero-order valence-corrected chi connectivity index (χ0v) is 25.6. The fraction of sp³-hybridized carbons (Fsp3) is 0.345. The van der Waals surface area contributed by atoms with Crippen molar-refractivity contribution in [3.8, 4) is 23.0 Å². The summed E-state index contributed by atoms with van der Waals surface area (Å²) in [7, 11) is 2.86. The van der Waals surface area contributed by atoms with E-state index in [0.717, 1.165) is 4.47 Å². The third kappa shape index (κ3) is 5.95. The predicted octanol–water partition coefficient (Wildman–Crippen LogP) is 4.37. The standard InChI is InChI=1S/C29H31BrN2O7S/c1-7-37-21-10-9-17(12-22(21)38-8-2)25-20(28(34)36-6)15-31-29-32(25)27(33)24(40-29)13-18-11-19(30)14-23(35-5)26(18)39-16(3)4/h9-16,25H,7-8H2,1-6H3/b24-13+/t25-/m0/s1. The lowest BCUT2D eigenvalue weighted by molar-refractivity contribution is -0.136. The van der Waals surface area contributed by atoms with Crippen molar-refractivity contribution in [3.63, 3.8) is 0 Å². The molecular weight excluding hydrogens is 600 g/mol. The van der Waals surface area contributed by atoms with Gasteiger partial charge in [0.2, 0.25) is 0 Å². The van der Waals surface area contributed by atoms with Crippen LogP contribution in [0, 0.1) is 0 Å². The zero-order valence-electron chi connectivity index (χ0n) is 23.1. The Balaban J connectivity index is 1.94. The summed E-state index contributed by atoms with van der Waals surface area (Å²) in [5, 5.41) is 0. The van der Waals surface area contributed by atoms with Gasteiger partial charge in [-0.3, -0.25) is 9.36 Å². The molecule has 40 heavy (non-hydrogen) atoms. The molecule has 1 aromatic heterocycles. The van der Waals surface area contributed by atoms with E-state index in [-0.39, 0.29) is 17.2 Å². The van der Waals surface area contributed by atoms with Gasteiger partial charge in [-0.05, 0) is 63.6 Å². The molecule has 1 aliphatic heterocycles. The predicted molar refractivity (Wildman–Crippen MR) is 156 cm³/mol. The normalized spacial score (nSPS) is 14.8. The van der Waals surface area contributed by atoms with Crippen LogP contribution in [-0.4, -0.2) is 44.1 Å². The molecule has 11 heteroatoms. The van der Waals surface area contributed by atoms with Gasteiger partial charge in [0.1, 0.15) is 0 Å². The van der Waals surface area contributed by atoms with E-state index in [1.54, 1.807) is 31.4 Å². The van der Waals surface area contributed by atoms with Crippen LogP contribution in [0.4, 0.5) is 0 Å². The second-order valence-electron chi connectivity index (χ2n) is 8.94. The molecule has 0 unspecified atom stereocenters. The molecule has 0 aliphatic carbocycles. The number of rotatable bonds is 10. The number of carbonyl (C=O) groups is 1. The number of hydrogen-bond acceptors (Lipinski definition) is 9. The van der Waals surface area contributed by atoms with Gasteiger partial charge in [0, 0.05) is 16.2 Å². The van der Waals surface area contributed by atoms with Crippen LogP contribution in [0.1, 0.15) is 44.9 Å². The number of nitrogens with zero attached hydrogens (tertiary/aromatic N) is 2. The van der Waals surface area contributed by atoms with E-state index >= 15 is 0 Å². The molecule has 0 fully saturated rings. The summed E-state index contributed by atoms with van der Waals surface area (Å²) < 4.78 is 30.9. The fourth-order valence-electron chi connectivity index (χ4n) is 4.34. The van der Waals surface area contributed by atoms with E-state index in [1.165, 1.54) is 29.2 Å². The largest absolute Gasteiger partial charge is 0.493 e. The average molecular weight is 632 g/mol. The van der Waals surface area contributed by atoms with Crippen molar-refractivity contribution >= 4 is 39.3 Å². The maximum atomic E-state index is 14.0. The second-order valence-corrected chi connectivity index (χ2v) is 10.9. The van der Waals surface area contributed by atoms with E-state index < -0.39 is 12.0 Å². The van der Waals surface area contributed by atoms with Gasteiger partial charge < -0.3 is 23.7 Å². The number of benzene rings is 2. The monoisotopic (exact) mass is 630 g/mol. The topological polar surface area (TPSA) is 97.6 Å². The molecule has 212 valence electrons. The van der Waals surface area contributed by atoms with Gasteiger partial charge in [0.05, 0.1) is 49.7 Å². The summed E-state index contributed by atoms with van der Waals surface area (Å²) in [4.78, 5) is 31.7. The average Bonchev–Trinajstić information content (AvgIpc) is 3.24. The molecule has 0 N–H and O–H groups in total. The van der Waals surface area contributed by atoms with E-state index in [0.29, 0.717) is 56.7 Å². The molecule has 0 bridgehead atoms. The molecule has 4 rings (SSSR count). The van der Waals surface area contributed by atoms with Crippen molar-refractivity contribution in [1.29, 1.82) is 0 Å². The Hall–Kier alpha value is -3.57. The summed E-state index contributed by atoms with van der Waals surface area (Å²) in [6.07, 6.45) is 3.08. The molecule has 3 aromatic rings. The van der Waals surface area contributed by atoms with Gasteiger partial charge in [-0.1, -0.05) is 33.3 Å². The van der Waals surface area contributed by atoms with Crippen LogP contribution in [0.5, 0.6) is 23.0 Å². The van der Waals surface area contributed by atoms with Crippen LogP contribution in [0.15, 0.2) is 56.4 Å². The van der Waals surface area contributed by atoms with Crippen molar-refractivity contribution < 1.29 is 28.5 Å². The van der Waals surface area contributed by atoms with Crippen LogP contribution in [0.3, 0.4) is 0 Å². The molecule has 0 spiro atoms. The van der Waals surface area contributed by atoms with Crippen LogP contribution >= 0.6 is 27.3 Å². The van der Waals surface area contributed by atoms with Gasteiger partial charge in [0.25, 0.3) is 5.56 Å². The van der Waals surface area contributed by atoms with Crippen LogP contribution in [0.25, 0.3) is 6.08 Å². The summed E-state index contributed by atoms with van der Waals surface area (Å²) in [5.74, 6) is 1.56. The Kier molecular flexibility index (Phi) is 9.36. The quantitative estimate of drug-likeness (QED) is 0.307. The molecule has 1 atom stereocenters. The number of carbonyl (C=O) groups excluding carboxylic acids is 1. The van der Waals surface area contributed by atoms with Gasteiger partial charge in [-0.25, -0.2) is 9.79 Å². The molecule has 2 heterocycles. The molecule has 0 amide bonds. The van der Waals surface area contributed by atoms with E-state index in [9.17, 15) is 9.59 Å². The number of thiazole rings is 1. The molecule has 2 aromatic carbocycles. The van der Waals surface area contributed by atoms with Gasteiger partial charge in [0.15, 0.2) is 27.8 Å². The van der Waals surface area contributed by atoms with Crippen molar-refractivity contribution in [2.45, 2.75) is 39.8 Å². The molecule has 0 radical (unpaired) electrons. The third-order valence-corrected chi connectivity index (χ3v) is 7.37. The number of hydrogen-bond donors (Lipinski definition) is 0. The summed E-state index contributed by atoms with van der Waals surface area (Å²) >= 11 is 4.73. The second kappa shape index (κ2) is 12.7. The number of halogens is 1. The van der Waals surface area contributed by atoms with Crippen molar-refractivity contribution in [3.05, 3.63) is 77.4 Å². The molecule has 1 aliphatic rings. The van der Waals surface area contributed by atoms with Crippen LogP contribution in [0.2, 0.25) is 0 Å². The summed E-state index contributed by atoms with van der Waals surface area (Å²) in [6.45, 7) is 8.48. The Bertz CT molecular complexity index is 1620. The zero-order chi connectivity index (χ0) is 29.0. The lowest BCUT2D eigenvalue weighted by Gasteiger charge is -2.23. The van der Waals surface area contributed by atoms with Gasteiger partial charge in [-0.15, -0.1) is 0 Å². The van der Waals surface area contributed by atoms with Crippen molar-refractivity contribution in [2.75, 3.05) is 27.4 Å². The minimum Gasteiger partial charge on any atom is -0.493 e. The molecule has 9 nitrogen and oxygen atoms in total. The van der Waals surface area contributed by atoms with Crippen LogP contribution in [-0.2, 0) is 9.53 Å². The lowest BCUT2D eigenvalue weighted by atomic mass is 9.97. The number of aromatic nitrogens is 1. The Morgan fingerprint density at radius 2 is 1.82 bits per heavy atom. The smallest absolute Gasteiger partial charge is 0.337 e. The highest BCUT2D eigenvalue weighted by Gasteiger charge is 2.31. The number of esters is 1. The Morgan fingerprint density at radius 1 is 1.10 bits per heavy atom. The fourth-order valence-corrected chi connectivity index (χ4v) is 5.75. The Morgan fingerprint density at radius 3 is 2.48 bits per heavy atom. The van der Waals surface area contributed by atoms with Crippen molar-refractivity contribution in [1.82, 2.24) is 4.57 Å². The minimum absolute atomic E-state index is 0.120. The maximum Gasteiger partial charge on any atom is 0.337 e. The molecule has 0 saturated heterocycles. The van der Waals surface area contributed by atoms with Gasteiger partial charge >= 0.3 is 5.97 Å². The van der Waals surface area contributed by atoms with Gasteiger partial charge in [-0.2, -0.15) is 0 Å². The van der Waals surface area contributed by atoms with E-state index in [2.05, 4.69) is 20.9 Å². The first kappa shape index (κ1) is 29.4. The highest BCUT2D eigenvalue weighted by Crippen LogP contribution is 2.37. The van der Waals surface area contributed by atoms with E-state index in [1.807, 2.05) is 39.8 Å².